The Balaban J connectivity index is 1.71. The van der Waals surface area contributed by atoms with Gasteiger partial charge in [0.1, 0.15) is 0 Å². The molecule has 72 valence electrons. The third-order valence-corrected chi connectivity index (χ3v) is 5.68. The lowest BCUT2D eigenvalue weighted by Gasteiger charge is -2.61. The molecule has 1 saturated heterocycles. The van der Waals surface area contributed by atoms with Gasteiger partial charge < -0.3 is 4.74 Å². The molecular formula is C12H18O. The largest absolute Gasteiger partial charge is 0.369 e. The molecule has 1 aliphatic heterocycles. The van der Waals surface area contributed by atoms with E-state index in [2.05, 4.69) is 13.8 Å². The minimum absolute atomic E-state index is 0.655. The van der Waals surface area contributed by atoms with Crippen LogP contribution in [0.25, 0.3) is 0 Å². The molecule has 1 heteroatoms. The summed E-state index contributed by atoms with van der Waals surface area (Å²) in [4.78, 5) is 0. The number of rotatable bonds is 0. The van der Waals surface area contributed by atoms with Crippen molar-refractivity contribution < 1.29 is 4.74 Å². The summed E-state index contributed by atoms with van der Waals surface area (Å²) in [5.74, 6) is 4.08. The Morgan fingerprint density at radius 1 is 1.15 bits per heavy atom. The van der Waals surface area contributed by atoms with E-state index < -0.39 is 0 Å². The molecule has 0 radical (unpaired) electrons. The van der Waals surface area contributed by atoms with Crippen molar-refractivity contribution in [2.75, 3.05) is 0 Å². The maximum absolute atomic E-state index is 5.71. The summed E-state index contributed by atoms with van der Waals surface area (Å²) in [6.45, 7) is 4.97. The van der Waals surface area contributed by atoms with Gasteiger partial charge in [-0.3, -0.25) is 0 Å². The molecule has 5 aliphatic rings. The number of ether oxygens (including phenoxy) is 1. The molecule has 0 aromatic carbocycles. The van der Waals surface area contributed by atoms with Gasteiger partial charge >= 0.3 is 0 Å². The Morgan fingerprint density at radius 2 is 2.00 bits per heavy atom. The van der Waals surface area contributed by atoms with Gasteiger partial charge in [0.15, 0.2) is 0 Å². The summed E-state index contributed by atoms with van der Waals surface area (Å²) >= 11 is 0. The average molecular weight is 178 g/mol. The highest BCUT2D eigenvalue weighted by molar-refractivity contribution is 5.15. The molecule has 0 amide bonds. The van der Waals surface area contributed by atoms with Gasteiger partial charge in [0.05, 0.1) is 12.2 Å². The van der Waals surface area contributed by atoms with E-state index in [4.69, 9.17) is 4.74 Å². The highest BCUT2D eigenvalue weighted by atomic mass is 16.6. The summed E-state index contributed by atoms with van der Waals surface area (Å²) < 4.78 is 5.71. The first-order chi connectivity index (χ1) is 6.18. The quantitative estimate of drug-likeness (QED) is 0.519. The third kappa shape index (κ3) is 0.674. The normalized spacial score (nSPS) is 65.1. The van der Waals surface area contributed by atoms with E-state index in [0.717, 1.165) is 23.7 Å². The van der Waals surface area contributed by atoms with E-state index in [1.54, 1.807) is 0 Å². The predicted molar refractivity (Wildman–Crippen MR) is 50.3 cm³/mol. The Bertz CT molecular complexity index is 270. The van der Waals surface area contributed by atoms with Crippen LogP contribution in [0.4, 0.5) is 0 Å². The Hall–Kier alpha value is -0.0400. The van der Waals surface area contributed by atoms with Crippen LogP contribution in [-0.4, -0.2) is 12.2 Å². The van der Waals surface area contributed by atoms with Gasteiger partial charge in [-0.25, -0.2) is 0 Å². The van der Waals surface area contributed by atoms with E-state index in [9.17, 15) is 0 Å². The second kappa shape index (κ2) is 1.84. The monoisotopic (exact) mass is 178 g/mol. The first-order valence-corrected chi connectivity index (χ1v) is 5.83. The fourth-order valence-corrected chi connectivity index (χ4v) is 4.69. The first kappa shape index (κ1) is 7.28. The fraction of sp³-hybridized carbons (Fsp3) is 1.00. The number of hydrogen-bond acceptors (Lipinski definition) is 1. The van der Waals surface area contributed by atoms with E-state index in [1.165, 1.54) is 19.3 Å². The lowest BCUT2D eigenvalue weighted by molar-refractivity contribution is -0.139. The highest BCUT2D eigenvalue weighted by Crippen LogP contribution is 2.69. The standard InChI is InChI=1S/C12H18O/c1-12(2)7-3-6-4-9-11(13-9)10(6)8(12)5-7/h6-11H,3-5H2,1-2H3. The summed E-state index contributed by atoms with van der Waals surface area (Å²) in [7, 11) is 0. The molecule has 4 aliphatic carbocycles. The summed E-state index contributed by atoms with van der Waals surface area (Å²) in [6.07, 6.45) is 5.84. The van der Waals surface area contributed by atoms with Crippen LogP contribution < -0.4 is 0 Å². The van der Waals surface area contributed by atoms with Crippen LogP contribution in [0.15, 0.2) is 0 Å². The zero-order valence-corrected chi connectivity index (χ0v) is 8.49. The Morgan fingerprint density at radius 3 is 2.77 bits per heavy atom. The van der Waals surface area contributed by atoms with Crippen molar-refractivity contribution in [2.45, 2.75) is 45.3 Å². The molecule has 13 heavy (non-hydrogen) atoms. The summed E-state index contributed by atoms with van der Waals surface area (Å²) in [5.41, 5.74) is 0.655. The second-order valence-electron chi connectivity index (χ2n) is 6.31. The van der Waals surface area contributed by atoms with E-state index in [-0.39, 0.29) is 0 Å². The van der Waals surface area contributed by atoms with E-state index >= 15 is 0 Å². The van der Waals surface area contributed by atoms with Gasteiger partial charge in [-0.2, -0.15) is 0 Å². The van der Waals surface area contributed by atoms with Crippen LogP contribution in [0.5, 0.6) is 0 Å². The van der Waals surface area contributed by atoms with Crippen molar-refractivity contribution in [3.05, 3.63) is 0 Å². The molecule has 1 nitrogen and oxygen atoms in total. The van der Waals surface area contributed by atoms with Gasteiger partial charge in [0.25, 0.3) is 0 Å². The van der Waals surface area contributed by atoms with Gasteiger partial charge in [-0.05, 0) is 48.3 Å². The molecule has 5 fully saturated rings. The highest BCUT2D eigenvalue weighted by Gasteiger charge is 2.67. The van der Waals surface area contributed by atoms with Crippen LogP contribution in [0.1, 0.15) is 33.1 Å². The van der Waals surface area contributed by atoms with Gasteiger partial charge in [0.2, 0.25) is 0 Å². The molecule has 2 bridgehead atoms. The van der Waals surface area contributed by atoms with Crippen LogP contribution in [-0.2, 0) is 4.74 Å². The van der Waals surface area contributed by atoms with E-state index in [0.29, 0.717) is 17.6 Å². The van der Waals surface area contributed by atoms with Gasteiger partial charge in [0, 0.05) is 0 Å². The van der Waals surface area contributed by atoms with Gasteiger partial charge in [-0.15, -0.1) is 0 Å². The minimum Gasteiger partial charge on any atom is -0.369 e. The lowest BCUT2D eigenvalue weighted by atomic mass is 9.43. The molecule has 0 aromatic rings. The first-order valence-electron chi connectivity index (χ1n) is 5.83. The van der Waals surface area contributed by atoms with Crippen molar-refractivity contribution in [1.29, 1.82) is 0 Å². The van der Waals surface area contributed by atoms with Crippen LogP contribution in [0.2, 0.25) is 0 Å². The zero-order chi connectivity index (χ0) is 8.79. The SMILES string of the molecule is CC1(C)C2CC3CC4OC4C3C1C2. The van der Waals surface area contributed by atoms with Crippen LogP contribution >= 0.6 is 0 Å². The predicted octanol–water partition coefficient (Wildman–Crippen LogP) is 2.46. The topological polar surface area (TPSA) is 12.5 Å². The Labute approximate surface area is 79.8 Å². The Kier molecular flexibility index (Phi) is 1.03. The van der Waals surface area contributed by atoms with Gasteiger partial charge in [-0.1, -0.05) is 13.8 Å². The third-order valence-electron chi connectivity index (χ3n) is 5.68. The zero-order valence-electron chi connectivity index (χ0n) is 8.49. The number of fused-ring (bicyclic) bond motifs is 1. The maximum atomic E-state index is 5.71. The summed E-state index contributed by atoms with van der Waals surface area (Å²) in [5, 5.41) is 0. The summed E-state index contributed by atoms with van der Waals surface area (Å²) in [6, 6.07) is 0. The molecule has 6 unspecified atom stereocenters. The van der Waals surface area contributed by atoms with Crippen molar-refractivity contribution >= 4 is 0 Å². The maximum Gasteiger partial charge on any atom is 0.0875 e. The molecule has 0 N–H and O–H groups in total. The molecule has 4 saturated carbocycles. The molecule has 0 aromatic heterocycles. The molecule has 6 atom stereocenters. The van der Waals surface area contributed by atoms with Crippen molar-refractivity contribution in [3.63, 3.8) is 0 Å². The molecular weight excluding hydrogens is 160 g/mol. The number of hydrogen-bond donors (Lipinski definition) is 0. The molecule has 1 heterocycles. The van der Waals surface area contributed by atoms with Crippen molar-refractivity contribution in [2.24, 2.45) is 29.1 Å². The molecule has 5 rings (SSSR count). The second-order valence-corrected chi connectivity index (χ2v) is 6.31. The average Bonchev–Trinajstić information content (AvgIpc) is 2.77. The lowest BCUT2D eigenvalue weighted by Crippen LogP contribution is -2.55. The van der Waals surface area contributed by atoms with E-state index in [1.807, 2.05) is 0 Å². The fourth-order valence-electron chi connectivity index (χ4n) is 4.69. The van der Waals surface area contributed by atoms with Crippen LogP contribution in [0.3, 0.4) is 0 Å². The van der Waals surface area contributed by atoms with Crippen LogP contribution in [0, 0.1) is 29.1 Å². The van der Waals surface area contributed by atoms with Crippen molar-refractivity contribution in [1.82, 2.24) is 0 Å². The van der Waals surface area contributed by atoms with Crippen molar-refractivity contribution in [3.8, 4) is 0 Å². The molecule has 0 spiro atoms. The smallest absolute Gasteiger partial charge is 0.0875 e. The minimum atomic E-state index is 0.655. The number of epoxide rings is 1.